The van der Waals surface area contributed by atoms with Gasteiger partial charge in [0.25, 0.3) is 0 Å². The molecule has 0 saturated heterocycles. The first-order valence-corrected chi connectivity index (χ1v) is 5.24. The molecule has 0 aliphatic carbocycles. The fourth-order valence-electron chi connectivity index (χ4n) is 1.67. The van der Waals surface area contributed by atoms with Gasteiger partial charge in [0.1, 0.15) is 6.61 Å². The molecule has 1 aromatic carbocycles. The molecule has 0 saturated carbocycles. The van der Waals surface area contributed by atoms with Gasteiger partial charge in [-0.1, -0.05) is 18.2 Å². The van der Waals surface area contributed by atoms with Crippen LogP contribution in [0.3, 0.4) is 0 Å². The molecule has 2 rings (SSSR count). The summed E-state index contributed by atoms with van der Waals surface area (Å²) in [5, 5.41) is 18.9. The van der Waals surface area contributed by atoms with Crippen LogP contribution in [0, 0.1) is 0 Å². The van der Waals surface area contributed by atoms with E-state index in [1.165, 1.54) is 13.2 Å². The molecule has 0 bridgehead atoms. The average Bonchev–Trinajstić information content (AvgIpc) is 2.39. The Morgan fingerprint density at radius 3 is 2.53 bits per heavy atom. The van der Waals surface area contributed by atoms with E-state index < -0.39 is 0 Å². The van der Waals surface area contributed by atoms with Crippen molar-refractivity contribution in [3.63, 3.8) is 0 Å². The molecule has 0 aliphatic heterocycles. The van der Waals surface area contributed by atoms with Crippen molar-refractivity contribution in [2.24, 2.45) is 0 Å². The Labute approximate surface area is 99.4 Å². The van der Waals surface area contributed by atoms with E-state index in [4.69, 9.17) is 4.74 Å². The van der Waals surface area contributed by atoms with Crippen molar-refractivity contribution in [1.29, 1.82) is 0 Å². The summed E-state index contributed by atoms with van der Waals surface area (Å²) in [6, 6.07) is 11.0. The van der Waals surface area contributed by atoms with Gasteiger partial charge in [-0.3, -0.25) is 0 Å². The summed E-state index contributed by atoms with van der Waals surface area (Å²) in [6.45, 7) is -0.160. The monoisotopic (exact) mass is 232 g/mol. The van der Waals surface area contributed by atoms with E-state index in [9.17, 15) is 10.2 Å². The third kappa shape index (κ3) is 2.21. The molecule has 0 fully saturated rings. The van der Waals surface area contributed by atoms with Crippen LogP contribution in [0.2, 0.25) is 0 Å². The Morgan fingerprint density at radius 1 is 1.24 bits per heavy atom. The van der Waals surface area contributed by atoms with Crippen molar-refractivity contribution in [3.05, 3.63) is 48.3 Å². The van der Waals surface area contributed by atoms with E-state index in [2.05, 4.69) is 0 Å². The largest absolute Gasteiger partial charge is 0.504 e. The first-order valence-electron chi connectivity index (χ1n) is 5.24. The highest BCUT2D eigenvalue weighted by Gasteiger charge is 2.18. The quantitative estimate of drug-likeness (QED) is 0.781. The molecule has 17 heavy (non-hydrogen) atoms. The zero-order valence-electron chi connectivity index (χ0n) is 9.50. The first-order chi connectivity index (χ1) is 8.26. The van der Waals surface area contributed by atoms with Crippen molar-refractivity contribution in [2.75, 3.05) is 7.11 Å². The number of benzene rings is 1. The van der Waals surface area contributed by atoms with Gasteiger partial charge in [0, 0.05) is 12.1 Å². The maximum Gasteiger partial charge on any atom is 0.226 e. The lowest BCUT2D eigenvalue weighted by molar-refractivity contribution is -0.607. The lowest BCUT2D eigenvalue weighted by Crippen LogP contribution is -2.35. The van der Waals surface area contributed by atoms with Gasteiger partial charge >= 0.3 is 0 Å². The predicted octanol–water partition coefficient (Wildman–Crippen LogP) is 1.17. The Morgan fingerprint density at radius 2 is 1.94 bits per heavy atom. The topological polar surface area (TPSA) is 53.6 Å². The molecule has 0 spiro atoms. The lowest BCUT2D eigenvalue weighted by atomic mass is 10.2. The molecule has 2 aromatic rings. The van der Waals surface area contributed by atoms with Crippen molar-refractivity contribution < 1.29 is 19.5 Å². The maximum atomic E-state index is 9.64. The Balaban J connectivity index is 2.59. The number of para-hydroxylation sites is 1. The summed E-state index contributed by atoms with van der Waals surface area (Å²) in [4.78, 5) is 0. The summed E-state index contributed by atoms with van der Waals surface area (Å²) in [5.74, 6) is 0.384. The van der Waals surface area contributed by atoms with Crippen LogP contribution >= 0.6 is 0 Å². The predicted molar refractivity (Wildman–Crippen MR) is 62.1 cm³/mol. The van der Waals surface area contributed by atoms with E-state index in [1.54, 1.807) is 10.8 Å². The molecule has 4 heteroatoms. The van der Waals surface area contributed by atoms with Crippen LogP contribution in [-0.4, -0.2) is 17.3 Å². The number of ether oxygens (including phenoxy) is 1. The van der Waals surface area contributed by atoms with Gasteiger partial charge in [0.15, 0.2) is 5.75 Å². The smallest absolute Gasteiger partial charge is 0.226 e. The summed E-state index contributed by atoms with van der Waals surface area (Å²) < 4.78 is 6.83. The van der Waals surface area contributed by atoms with Gasteiger partial charge in [-0.15, -0.1) is 0 Å². The van der Waals surface area contributed by atoms with E-state index in [0.717, 1.165) is 5.69 Å². The number of aromatic nitrogens is 1. The SMILES string of the molecule is COc1c[n+](-c2ccccc2)c(CO)cc1O. The van der Waals surface area contributed by atoms with Crippen LogP contribution in [0.4, 0.5) is 0 Å². The summed E-state index contributed by atoms with van der Waals surface area (Å²) in [7, 11) is 1.49. The van der Waals surface area contributed by atoms with Crippen molar-refractivity contribution in [1.82, 2.24) is 0 Å². The molecule has 88 valence electrons. The van der Waals surface area contributed by atoms with Gasteiger partial charge in [0.05, 0.1) is 13.2 Å². The van der Waals surface area contributed by atoms with Gasteiger partial charge in [0.2, 0.25) is 23.3 Å². The highest BCUT2D eigenvalue weighted by Crippen LogP contribution is 2.24. The molecule has 0 radical (unpaired) electrons. The second-order valence-corrected chi connectivity index (χ2v) is 3.58. The summed E-state index contributed by atoms with van der Waals surface area (Å²) in [6.07, 6.45) is 1.65. The number of aliphatic hydroxyl groups excluding tert-OH is 1. The standard InChI is InChI=1S/C13H13NO3/c1-17-13-8-14(10-5-3-2-4-6-10)11(9-15)7-12(13)16/h2-8,15H,9H2,1H3/p+1. The molecule has 2 N–H and O–H groups in total. The fourth-order valence-corrected chi connectivity index (χ4v) is 1.67. The van der Waals surface area contributed by atoms with Crippen molar-refractivity contribution in [2.45, 2.75) is 6.61 Å². The Bertz CT molecular complexity index is 512. The van der Waals surface area contributed by atoms with Crippen molar-refractivity contribution >= 4 is 0 Å². The normalized spacial score (nSPS) is 10.2. The van der Waals surface area contributed by atoms with Crippen molar-refractivity contribution in [3.8, 4) is 17.2 Å². The van der Waals surface area contributed by atoms with Gasteiger partial charge in [-0.05, 0) is 0 Å². The molecule has 0 aliphatic rings. The maximum absolute atomic E-state index is 9.64. The number of hydrogen-bond donors (Lipinski definition) is 2. The van der Waals surface area contributed by atoms with E-state index in [1.807, 2.05) is 30.3 Å². The molecule has 1 aromatic heterocycles. The van der Waals surface area contributed by atoms with E-state index in [-0.39, 0.29) is 12.4 Å². The molecular weight excluding hydrogens is 218 g/mol. The minimum atomic E-state index is -0.160. The zero-order chi connectivity index (χ0) is 12.3. The number of pyridine rings is 1. The van der Waals surface area contributed by atoms with Crippen LogP contribution in [0.1, 0.15) is 5.69 Å². The minimum absolute atomic E-state index is 0.0173. The molecule has 0 unspecified atom stereocenters. The number of nitrogens with zero attached hydrogens (tertiary/aromatic N) is 1. The van der Waals surface area contributed by atoms with Crippen LogP contribution < -0.4 is 9.30 Å². The number of aromatic hydroxyl groups is 1. The molecule has 0 atom stereocenters. The van der Waals surface area contributed by atoms with E-state index in [0.29, 0.717) is 11.4 Å². The third-order valence-electron chi connectivity index (χ3n) is 2.53. The van der Waals surface area contributed by atoms with Gasteiger partial charge in [-0.2, -0.15) is 4.57 Å². The number of rotatable bonds is 3. The van der Waals surface area contributed by atoms with Crippen LogP contribution in [0.15, 0.2) is 42.6 Å². The molecule has 4 nitrogen and oxygen atoms in total. The molecule has 1 heterocycles. The zero-order valence-corrected chi connectivity index (χ0v) is 9.50. The first kappa shape index (κ1) is 11.4. The highest BCUT2D eigenvalue weighted by atomic mass is 16.5. The van der Waals surface area contributed by atoms with Crippen LogP contribution in [0.25, 0.3) is 5.69 Å². The second-order valence-electron chi connectivity index (χ2n) is 3.58. The third-order valence-corrected chi connectivity index (χ3v) is 2.53. The van der Waals surface area contributed by atoms with Gasteiger partial charge in [-0.25, -0.2) is 0 Å². The van der Waals surface area contributed by atoms with Crippen LogP contribution in [0.5, 0.6) is 11.5 Å². The number of methoxy groups -OCH3 is 1. The average molecular weight is 232 g/mol. The highest BCUT2D eigenvalue weighted by molar-refractivity contribution is 5.36. The van der Waals surface area contributed by atoms with E-state index >= 15 is 0 Å². The molecular formula is C13H14NO3+. The summed E-state index contributed by atoms with van der Waals surface area (Å²) >= 11 is 0. The van der Waals surface area contributed by atoms with Gasteiger partial charge < -0.3 is 14.9 Å². The Kier molecular flexibility index (Phi) is 3.25. The number of hydrogen-bond acceptors (Lipinski definition) is 3. The Hall–Kier alpha value is -2.07. The number of aliphatic hydroxyl groups is 1. The second kappa shape index (κ2) is 4.84. The van der Waals surface area contributed by atoms with Crippen LogP contribution in [-0.2, 0) is 6.61 Å². The minimum Gasteiger partial charge on any atom is -0.504 e. The summed E-state index contributed by atoms with van der Waals surface area (Å²) in [5.41, 5.74) is 1.49. The molecule has 0 amide bonds. The fraction of sp³-hybridized carbons (Fsp3) is 0.154. The lowest BCUT2D eigenvalue weighted by Gasteiger charge is -2.05.